The van der Waals surface area contributed by atoms with Crippen LogP contribution in [0.25, 0.3) is 0 Å². The molecule has 1 aromatic carbocycles. The van der Waals surface area contributed by atoms with E-state index in [1.54, 1.807) is 6.07 Å². The standard InChI is InChI=1S/C16H24FN/c1-3-13(4-2)15-8-7-12(11-16(15)17)10-14-6-5-9-18-14/h7-8,11,13-14,18H,3-6,9-10H2,1-2H3. The minimum absolute atomic E-state index is 0.0146. The molecule has 0 aliphatic carbocycles. The number of rotatable bonds is 5. The topological polar surface area (TPSA) is 12.0 Å². The fraction of sp³-hybridized carbons (Fsp3) is 0.625. The van der Waals surface area contributed by atoms with Crippen molar-refractivity contribution in [2.45, 2.75) is 57.9 Å². The molecule has 1 saturated heterocycles. The third-order valence-electron chi connectivity index (χ3n) is 4.13. The highest BCUT2D eigenvalue weighted by Crippen LogP contribution is 2.26. The summed E-state index contributed by atoms with van der Waals surface area (Å²) in [6, 6.07) is 6.39. The Morgan fingerprint density at radius 1 is 1.33 bits per heavy atom. The molecule has 1 nitrogen and oxygen atoms in total. The highest BCUT2D eigenvalue weighted by atomic mass is 19.1. The molecule has 1 aliphatic heterocycles. The number of halogens is 1. The van der Waals surface area contributed by atoms with E-state index in [2.05, 4.69) is 25.2 Å². The first-order chi connectivity index (χ1) is 8.74. The van der Waals surface area contributed by atoms with Crippen LogP contribution in [-0.4, -0.2) is 12.6 Å². The maximum atomic E-state index is 14.1. The van der Waals surface area contributed by atoms with Gasteiger partial charge in [-0.15, -0.1) is 0 Å². The Bertz CT molecular complexity index is 379. The van der Waals surface area contributed by atoms with Crippen molar-refractivity contribution in [3.8, 4) is 0 Å². The zero-order valence-electron chi connectivity index (χ0n) is 11.5. The highest BCUT2D eigenvalue weighted by Gasteiger charge is 2.16. The zero-order chi connectivity index (χ0) is 13.0. The smallest absolute Gasteiger partial charge is 0.126 e. The molecule has 1 heterocycles. The number of hydrogen-bond acceptors (Lipinski definition) is 1. The Morgan fingerprint density at radius 3 is 2.67 bits per heavy atom. The average molecular weight is 249 g/mol. The molecular formula is C16H24FN. The minimum Gasteiger partial charge on any atom is -0.314 e. The second-order valence-corrected chi connectivity index (χ2v) is 5.37. The van der Waals surface area contributed by atoms with E-state index < -0.39 is 0 Å². The summed E-state index contributed by atoms with van der Waals surface area (Å²) in [6.07, 6.45) is 5.45. The summed E-state index contributed by atoms with van der Waals surface area (Å²) in [5.41, 5.74) is 2.02. The van der Waals surface area contributed by atoms with Gasteiger partial charge in [0.2, 0.25) is 0 Å². The van der Waals surface area contributed by atoms with E-state index in [9.17, 15) is 4.39 Å². The molecular weight excluding hydrogens is 225 g/mol. The zero-order valence-corrected chi connectivity index (χ0v) is 11.5. The first kappa shape index (κ1) is 13.5. The molecule has 2 heteroatoms. The second kappa shape index (κ2) is 6.33. The summed E-state index contributed by atoms with van der Waals surface area (Å²) in [5, 5.41) is 3.46. The lowest BCUT2D eigenvalue weighted by molar-refractivity contribution is 0.552. The molecule has 1 atom stereocenters. The van der Waals surface area contributed by atoms with Crippen molar-refractivity contribution in [2.75, 3.05) is 6.54 Å². The van der Waals surface area contributed by atoms with Gasteiger partial charge in [-0.05, 0) is 61.8 Å². The Balaban J connectivity index is 2.08. The van der Waals surface area contributed by atoms with Crippen molar-refractivity contribution in [3.05, 3.63) is 35.1 Å². The lowest BCUT2D eigenvalue weighted by Crippen LogP contribution is -2.23. The van der Waals surface area contributed by atoms with E-state index in [0.717, 1.165) is 36.9 Å². The van der Waals surface area contributed by atoms with E-state index in [4.69, 9.17) is 0 Å². The largest absolute Gasteiger partial charge is 0.314 e. The first-order valence-electron chi connectivity index (χ1n) is 7.26. The third kappa shape index (κ3) is 3.11. The van der Waals surface area contributed by atoms with Gasteiger partial charge in [-0.2, -0.15) is 0 Å². The van der Waals surface area contributed by atoms with E-state index >= 15 is 0 Å². The third-order valence-corrected chi connectivity index (χ3v) is 4.13. The molecule has 0 amide bonds. The van der Waals surface area contributed by atoms with Gasteiger partial charge in [0.1, 0.15) is 5.82 Å². The predicted octanol–water partition coefficient (Wildman–Crippen LogP) is 4.02. The van der Waals surface area contributed by atoms with Gasteiger partial charge in [0.15, 0.2) is 0 Å². The van der Waals surface area contributed by atoms with Gasteiger partial charge in [-0.3, -0.25) is 0 Å². The van der Waals surface area contributed by atoms with Crippen LogP contribution in [0.3, 0.4) is 0 Å². The molecule has 1 unspecified atom stereocenters. The van der Waals surface area contributed by atoms with Gasteiger partial charge in [-0.1, -0.05) is 26.0 Å². The highest BCUT2D eigenvalue weighted by molar-refractivity contribution is 5.28. The van der Waals surface area contributed by atoms with E-state index in [1.165, 1.54) is 12.8 Å². The van der Waals surface area contributed by atoms with Crippen LogP contribution in [-0.2, 0) is 6.42 Å². The van der Waals surface area contributed by atoms with Crippen LogP contribution in [0.4, 0.5) is 4.39 Å². The average Bonchev–Trinajstić information content (AvgIpc) is 2.86. The molecule has 100 valence electrons. The van der Waals surface area contributed by atoms with Crippen LogP contribution in [0.15, 0.2) is 18.2 Å². The first-order valence-corrected chi connectivity index (χ1v) is 7.26. The van der Waals surface area contributed by atoms with Gasteiger partial charge in [0, 0.05) is 6.04 Å². The van der Waals surface area contributed by atoms with E-state index in [1.807, 2.05) is 6.07 Å². The van der Waals surface area contributed by atoms with Crippen molar-refractivity contribution < 1.29 is 4.39 Å². The summed E-state index contributed by atoms with van der Waals surface area (Å²) in [7, 11) is 0. The summed E-state index contributed by atoms with van der Waals surface area (Å²) in [6.45, 7) is 5.37. The monoisotopic (exact) mass is 249 g/mol. The van der Waals surface area contributed by atoms with Crippen LogP contribution in [0.5, 0.6) is 0 Å². The Hall–Kier alpha value is -0.890. The van der Waals surface area contributed by atoms with E-state index in [-0.39, 0.29) is 5.82 Å². The quantitative estimate of drug-likeness (QED) is 0.831. The Kier molecular flexibility index (Phi) is 4.76. The number of nitrogens with one attached hydrogen (secondary N) is 1. The lowest BCUT2D eigenvalue weighted by atomic mass is 9.92. The molecule has 1 fully saturated rings. The van der Waals surface area contributed by atoms with Crippen molar-refractivity contribution in [1.82, 2.24) is 5.32 Å². The van der Waals surface area contributed by atoms with Crippen molar-refractivity contribution in [3.63, 3.8) is 0 Å². The lowest BCUT2D eigenvalue weighted by Gasteiger charge is -2.16. The molecule has 0 radical (unpaired) electrons. The van der Waals surface area contributed by atoms with Crippen molar-refractivity contribution >= 4 is 0 Å². The van der Waals surface area contributed by atoms with Gasteiger partial charge >= 0.3 is 0 Å². The van der Waals surface area contributed by atoms with Gasteiger partial charge in [0.05, 0.1) is 0 Å². The molecule has 1 aromatic rings. The van der Waals surface area contributed by atoms with Gasteiger partial charge < -0.3 is 5.32 Å². The number of hydrogen-bond donors (Lipinski definition) is 1. The van der Waals surface area contributed by atoms with Gasteiger partial charge in [0.25, 0.3) is 0 Å². The van der Waals surface area contributed by atoms with Crippen LogP contribution in [0.2, 0.25) is 0 Å². The summed E-state index contributed by atoms with van der Waals surface area (Å²) in [5.74, 6) is 0.350. The Morgan fingerprint density at radius 2 is 2.11 bits per heavy atom. The van der Waals surface area contributed by atoms with Crippen LogP contribution < -0.4 is 5.32 Å². The Labute approximate surface area is 110 Å². The molecule has 0 spiro atoms. The fourth-order valence-corrected chi connectivity index (χ4v) is 2.97. The SMILES string of the molecule is CCC(CC)c1ccc(CC2CCCN2)cc1F. The minimum atomic E-state index is -0.0146. The molecule has 1 aliphatic rings. The molecule has 0 saturated carbocycles. The molecule has 1 N–H and O–H groups in total. The van der Waals surface area contributed by atoms with Gasteiger partial charge in [-0.25, -0.2) is 4.39 Å². The van der Waals surface area contributed by atoms with Crippen molar-refractivity contribution in [1.29, 1.82) is 0 Å². The fourth-order valence-electron chi connectivity index (χ4n) is 2.97. The molecule has 18 heavy (non-hydrogen) atoms. The van der Waals surface area contributed by atoms with Crippen molar-refractivity contribution in [2.24, 2.45) is 0 Å². The van der Waals surface area contributed by atoms with Crippen LogP contribution in [0.1, 0.15) is 56.6 Å². The number of benzene rings is 1. The van der Waals surface area contributed by atoms with Crippen LogP contribution >= 0.6 is 0 Å². The predicted molar refractivity (Wildman–Crippen MR) is 74.5 cm³/mol. The van der Waals surface area contributed by atoms with E-state index in [0.29, 0.717) is 12.0 Å². The maximum absolute atomic E-state index is 14.1. The molecule has 0 bridgehead atoms. The summed E-state index contributed by atoms with van der Waals surface area (Å²) < 4.78 is 14.1. The normalized spacial score (nSPS) is 19.7. The summed E-state index contributed by atoms with van der Waals surface area (Å²) in [4.78, 5) is 0. The molecule has 0 aromatic heterocycles. The summed E-state index contributed by atoms with van der Waals surface area (Å²) >= 11 is 0. The maximum Gasteiger partial charge on any atom is 0.126 e. The molecule has 2 rings (SSSR count). The second-order valence-electron chi connectivity index (χ2n) is 5.37. The van der Waals surface area contributed by atoms with Crippen LogP contribution in [0, 0.1) is 5.82 Å².